The lowest BCUT2D eigenvalue weighted by molar-refractivity contribution is -0.139. The van der Waals surface area contributed by atoms with Crippen LogP contribution in [0.15, 0.2) is 47.4 Å². The summed E-state index contributed by atoms with van der Waals surface area (Å²) in [7, 11) is 1.42. The number of carbonyl (C=O) groups is 1. The maximum atomic E-state index is 12.7. The smallest absolute Gasteiger partial charge is 0.421 e. The molecule has 23 heavy (non-hydrogen) atoms. The molecule has 0 spiro atoms. The van der Waals surface area contributed by atoms with Crippen molar-refractivity contribution in [3.8, 4) is 5.75 Å². The van der Waals surface area contributed by atoms with E-state index in [-0.39, 0.29) is 0 Å². The molecule has 0 aliphatic rings. The number of nitrogens with zero attached hydrogens (tertiary/aromatic N) is 1. The first-order valence-corrected chi connectivity index (χ1v) is 6.52. The van der Waals surface area contributed by atoms with E-state index in [1.807, 2.05) is 0 Å². The molecule has 0 aliphatic heterocycles. The van der Waals surface area contributed by atoms with Gasteiger partial charge in [-0.2, -0.15) is 13.2 Å². The number of pyridine rings is 1. The molecule has 1 aromatic heterocycles. The maximum absolute atomic E-state index is 12.7. The summed E-state index contributed by atoms with van der Waals surface area (Å²) in [4.78, 5) is 23.7. The number of ether oxygens (including phenoxy) is 1. The van der Waals surface area contributed by atoms with Crippen LogP contribution in [0.25, 0.3) is 0 Å². The first-order valence-electron chi connectivity index (χ1n) is 6.52. The van der Waals surface area contributed by atoms with Gasteiger partial charge in [-0.25, -0.2) is 0 Å². The van der Waals surface area contributed by atoms with Gasteiger partial charge in [0, 0.05) is 6.20 Å². The third-order valence-corrected chi connectivity index (χ3v) is 3.02. The summed E-state index contributed by atoms with van der Waals surface area (Å²) in [5.41, 5.74) is -2.22. The van der Waals surface area contributed by atoms with E-state index in [9.17, 15) is 22.8 Å². The zero-order chi connectivity index (χ0) is 17.0. The molecule has 0 fully saturated rings. The lowest BCUT2D eigenvalue weighted by Gasteiger charge is -2.12. The minimum absolute atomic E-state index is 0.361. The van der Waals surface area contributed by atoms with Crippen LogP contribution in [-0.4, -0.2) is 17.6 Å². The molecule has 0 unspecified atom stereocenters. The van der Waals surface area contributed by atoms with Gasteiger partial charge in [-0.1, -0.05) is 12.1 Å². The lowest BCUT2D eigenvalue weighted by Crippen LogP contribution is -2.32. The summed E-state index contributed by atoms with van der Waals surface area (Å²) in [6, 6.07) is 8.30. The summed E-state index contributed by atoms with van der Waals surface area (Å²) in [6.07, 6.45) is -3.64. The number of carbonyl (C=O) groups excluding carboxylic acids is 1. The predicted octanol–water partition coefficient (Wildman–Crippen LogP) is 2.51. The van der Waals surface area contributed by atoms with Gasteiger partial charge in [0.1, 0.15) is 17.9 Å². The lowest BCUT2D eigenvalue weighted by atomic mass is 10.2. The van der Waals surface area contributed by atoms with Gasteiger partial charge in [-0.15, -0.1) is 0 Å². The molecule has 0 aliphatic carbocycles. The van der Waals surface area contributed by atoms with Crippen molar-refractivity contribution < 1.29 is 22.7 Å². The Morgan fingerprint density at radius 1 is 1.22 bits per heavy atom. The van der Waals surface area contributed by atoms with Crippen molar-refractivity contribution in [3.63, 3.8) is 0 Å². The standard InChI is InChI=1S/C15H13F3N2O3/c1-23-12-7-3-2-6-11(12)19-13(21)9-20-8-4-5-10(14(20)22)15(16,17)18/h2-8H,9H2,1H3,(H,19,21). The van der Waals surface area contributed by atoms with Gasteiger partial charge in [-0.3, -0.25) is 9.59 Å². The molecule has 0 radical (unpaired) electrons. The largest absolute Gasteiger partial charge is 0.495 e. The topological polar surface area (TPSA) is 60.3 Å². The highest BCUT2D eigenvalue weighted by atomic mass is 19.4. The fourth-order valence-corrected chi connectivity index (χ4v) is 1.97. The first kappa shape index (κ1) is 16.6. The second-order valence-corrected chi connectivity index (χ2v) is 4.60. The SMILES string of the molecule is COc1ccccc1NC(=O)Cn1cccc(C(F)(F)F)c1=O. The molecule has 5 nitrogen and oxygen atoms in total. The molecule has 0 atom stereocenters. The molecule has 1 heterocycles. The van der Waals surface area contributed by atoms with Crippen molar-refractivity contribution in [2.24, 2.45) is 0 Å². The van der Waals surface area contributed by atoms with Crippen LogP contribution < -0.4 is 15.6 Å². The minimum Gasteiger partial charge on any atom is -0.495 e. The number of hydrogen-bond donors (Lipinski definition) is 1. The Hall–Kier alpha value is -2.77. The number of benzene rings is 1. The maximum Gasteiger partial charge on any atom is 0.421 e. The molecule has 8 heteroatoms. The summed E-state index contributed by atoms with van der Waals surface area (Å²) >= 11 is 0. The van der Waals surface area contributed by atoms with Gasteiger partial charge in [0.05, 0.1) is 12.8 Å². The number of para-hydroxylation sites is 2. The quantitative estimate of drug-likeness (QED) is 0.939. The Balaban J connectivity index is 2.20. The molecular weight excluding hydrogens is 313 g/mol. The summed E-state index contributed by atoms with van der Waals surface area (Å²) < 4.78 is 43.8. The molecule has 0 bridgehead atoms. The molecule has 2 rings (SSSR count). The second-order valence-electron chi connectivity index (χ2n) is 4.60. The highest BCUT2D eigenvalue weighted by Gasteiger charge is 2.34. The van der Waals surface area contributed by atoms with E-state index in [0.717, 1.165) is 12.3 Å². The van der Waals surface area contributed by atoms with Gasteiger partial charge in [-0.05, 0) is 24.3 Å². The first-order chi connectivity index (χ1) is 10.8. The summed E-state index contributed by atoms with van der Waals surface area (Å²) in [6.45, 7) is -0.541. The van der Waals surface area contributed by atoms with Crippen LogP contribution in [0.3, 0.4) is 0 Å². The van der Waals surface area contributed by atoms with Crippen molar-refractivity contribution in [2.45, 2.75) is 12.7 Å². The monoisotopic (exact) mass is 326 g/mol. The highest BCUT2D eigenvalue weighted by Crippen LogP contribution is 2.26. The van der Waals surface area contributed by atoms with Crippen LogP contribution in [0.4, 0.5) is 18.9 Å². The number of halogens is 3. The van der Waals surface area contributed by atoms with Gasteiger partial charge in [0.15, 0.2) is 0 Å². The third kappa shape index (κ3) is 3.91. The predicted molar refractivity (Wildman–Crippen MR) is 77.3 cm³/mol. The fraction of sp³-hybridized carbons (Fsp3) is 0.200. The third-order valence-electron chi connectivity index (χ3n) is 3.02. The zero-order valence-electron chi connectivity index (χ0n) is 12.1. The van der Waals surface area contributed by atoms with Crippen molar-refractivity contribution in [1.29, 1.82) is 0 Å². The number of rotatable bonds is 4. The van der Waals surface area contributed by atoms with E-state index in [1.165, 1.54) is 7.11 Å². The Morgan fingerprint density at radius 2 is 1.91 bits per heavy atom. The molecule has 1 aromatic carbocycles. The van der Waals surface area contributed by atoms with Gasteiger partial charge < -0.3 is 14.6 Å². The molecule has 1 amide bonds. The Bertz CT molecular complexity index is 769. The van der Waals surface area contributed by atoms with E-state index in [0.29, 0.717) is 22.1 Å². The van der Waals surface area contributed by atoms with E-state index in [2.05, 4.69) is 5.32 Å². The minimum atomic E-state index is -4.76. The average Bonchev–Trinajstić information content (AvgIpc) is 2.48. The normalized spacial score (nSPS) is 11.1. The number of amides is 1. The van der Waals surface area contributed by atoms with Gasteiger partial charge in [0.25, 0.3) is 5.56 Å². The van der Waals surface area contributed by atoms with Gasteiger partial charge in [0.2, 0.25) is 5.91 Å². The molecule has 2 aromatic rings. The number of methoxy groups -OCH3 is 1. The van der Waals surface area contributed by atoms with E-state index in [1.54, 1.807) is 24.3 Å². The fourth-order valence-electron chi connectivity index (χ4n) is 1.97. The van der Waals surface area contributed by atoms with Crippen molar-refractivity contribution in [3.05, 3.63) is 58.5 Å². The van der Waals surface area contributed by atoms with Crippen LogP contribution in [0.1, 0.15) is 5.56 Å². The molecule has 0 saturated heterocycles. The number of aromatic nitrogens is 1. The second kappa shape index (κ2) is 6.55. The van der Waals surface area contributed by atoms with Crippen molar-refractivity contribution >= 4 is 11.6 Å². The Labute approximate surface area is 129 Å². The van der Waals surface area contributed by atoms with Crippen molar-refractivity contribution in [2.75, 3.05) is 12.4 Å². The Kier molecular flexibility index (Phi) is 4.73. The number of alkyl halides is 3. The summed E-state index contributed by atoms with van der Waals surface area (Å²) in [5.74, 6) is -0.242. The van der Waals surface area contributed by atoms with Crippen LogP contribution in [-0.2, 0) is 17.5 Å². The van der Waals surface area contributed by atoms with Crippen LogP contribution in [0.2, 0.25) is 0 Å². The van der Waals surface area contributed by atoms with E-state index < -0.39 is 29.8 Å². The van der Waals surface area contributed by atoms with Crippen molar-refractivity contribution in [1.82, 2.24) is 4.57 Å². The Morgan fingerprint density at radius 3 is 2.57 bits per heavy atom. The molecular formula is C15H13F3N2O3. The summed E-state index contributed by atoms with van der Waals surface area (Å²) in [5, 5.41) is 2.49. The van der Waals surface area contributed by atoms with Gasteiger partial charge >= 0.3 is 6.18 Å². The zero-order valence-corrected chi connectivity index (χ0v) is 12.1. The van der Waals surface area contributed by atoms with Crippen LogP contribution in [0, 0.1) is 0 Å². The van der Waals surface area contributed by atoms with Crippen LogP contribution in [0.5, 0.6) is 5.75 Å². The molecule has 122 valence electrons. The van der Waals surface area contributed by atoms with E-state index in [4.69, 9.17) is 4.74 Å². The van der Waals surface area contributed by atoms with E-state index >= 15 is 0 Å². The number of anilines is 1. The number of hydrogen-bond acceptors (Lipinski definition) is 3. The average molecular weight is 326 g/mol. The number of nitrogens with one attached hydrogen (secondary N) is 1. The highest BCUT2D eigenvalue weighted by molar-refractivity contribution is 5.92. The van der Waals surface area contributed by atoms with Crippen LogP contribution >= 0.6 is 0 Å². The molecule has 0 saturated carbocycles. The molecule has 1 N–H and O–H groups in total.